The molecule has 0 aliphatic heterocycles. The van der Waals surface area contributed by atoms with E-state index in [1.807, 2.05) is 18.2 Å². The summed E-state index contributed by atoms with van der Waals surface area (Å²) in [6.45, 7) is 0. The second-order valence-corrected chi connectivity index (χ2v) is 5.86. The molecule has 0 saturated heterocycles. The van der Waals surface area contributed by atoms with E-state index in [0.717, 1.165) is 29.5 Å². The van der Waals surface area contributed by atoms with Crippen LogP contribution in [0.1, 0.15) is 33.5 Å². The molecule has 2 N–H and O–H groups in total. The van der Waals surface area contributed by atoms with Crippen LogP contribution in [0.15, 0.2) is 48.8 Å². The number of carbonyl (C=O) groups is 2. The molecule has 5 heteroatoms. The topological polar surface area (TPSA) is 79.3 Å². The number of pyridine rings is 1. The number of nitrogens with one attached hydrogen (secondary N) is 1. The Balaban J connectivity index is 1.63. The van der Waals surface area contributed by atoms with Gasteiger partial charge in [0.05, 0.1) is 5.56 Å². The molecule has 1 aliphatic rings. The maximum absolute atomic E-state index is 12.1. The van der Waals surface area contributed by atoms with Gasteiger partial charge >= 0.3 is 5.97 Å². The molecule has 0 radical (unpaired) electrons. The van der Waals surface area contributed by atoms with Gasteiger partial charge in [-0.2, -0.15) is 0 Å². The van der Waals surface area contributed by atoms with Gasteiger partial charge in [0.15, 0.2) is 0 Å². The van der Waals surface area contributed by atoms with E-state index in [1.165, 1.54) is 6.08 Å². The normalized spacial score (nSPS) is 16.6. The number of rotatable bonds is 4. The Hall–Kier alpha value is -2.95. The van der Waals surface area contributed by atoms with Crippen molar-refractivity contribution in [3.8, 4) is 0 Å². The van der Waals surface area contributed by atoms with Crippen molar-refractivity contribution in [3.63, 3.8) is 0 Å². The van der Waals surface area contributed by atoms with Crippen LogP contribution >= 0.6 is 0 Å². The highest BCUT2D eigenvalue weighted by Crippen LogP contribution is 2.23. The SMILES string of the molecule is O=C(/C=C/c1cccnc1)NC1CCc2ccc(C(=O)O)cc2C1. The summed E-state index contributed by atoms with van der Waals surface area (Å²) in [5.41, 5.74) is 3.32. The van der Waals surface area contributed by atoms with Crippen molar-refractivity contribution in [1.29, 1.82) is 0 Å². The molecule has 122 valence electrons. The first-order valence-electron chi connectivity index (χ1n) is 7.85. The number of hydrogen-bond acceptors (Lipinski definition) is 3. The minimum absolute atomic E-state index is 0.0209. The molecule has 1 aromatic carbocycles. The van der Waals surface area contributed by atoms with Gasteiger partial charge < -0.3 is 10.4 Å². The van der Waals surface area contributed by atoms with Crippen LogP contribution in [0.3, 0.4) is 0 Å². The molecule has 1 heterocycles. The number of hydrogen-bond donors (Lipinski definition) is 2. The largest absolute Gasteiger partial charge is 0.478 e. The third-order valence-electron chi connectivity index (χ3n) is 4.14. The fourth-order valence-corrected chi connectivity index (χ4v) is 2.91. The monoisotopic (exact) mass is 322 g/mol. The van der Waals surface area contributed by atoms with Crippen LogP contribution in [0.25, 0.3) is 6.08 Å². The molecule has 0 spiro atoms. The van der Waals surface area contributed by atoms with E-state index in [0.29, 0.717) is 6.42 Å². The number of benzene rings is 1. The van der Waals surface area contributed by atoms with Crippen molar-refractivity contribution in [2.75, 3.05) is 0 Å². The lowest BCUT2D eigenvalue weighted by Crippen LogP contribution is -2.38. The lowest BCUT2D eigenvalue weighted by atomic mass is 9.87. The second kappa shape index (κ2) is 7.08. The number of aryl methyl sites for hydroxylation is 1. The highest BCUT2D eigenvalue weighted by Gasteiger charge is 2.20. The molecule has 1 aromatic heterocycles. The number of carboxylic acids is 1. The van der Waals surface area contributed by atoms with Gasteiger partial charge in [-0.1, -0.05) is 12.1 Å². The lowest BCUT2D eigenvalue weighted by Gasteiger charge is -2.25. The molecule has 0 fully saturated rings. The van der Waals surface area contributed by atoms with E-state index in [1.54, 1.807) is 30.6 Å². The summed E-state index contributed by atoms with van der Waals surface area (Å²) < 4.78 is 0. The Morgan fingerprint density at radius 3 is 2.88 bits per heavy atom. The standard InChI is InChI=1S/C19H18N2O3/c22-18(8-3-13-2-1-9-20-12-13)21-17-7-6-14-4-5-15(19(23)24)10-16(14)11-17/h1-5,8-10,12,17H,6-7,11H2,(H,21,22)(H,23,24)/b8-3+. The summed E-state index contributed by atoms with van der Waals surface area (Å²) in [5, 5.41) is 12.1. The van der Waals surface area contributed by atoms with Crippen LogP contribution in [0.2, 0.25) is 0 Å². The summed E-state index contributed by atoms with van der Waals surface area (Å²) in [5.74, 6) is -1.08. The Morgan fingerprint density at radius 2 is 2.12 bits per heavy atom. The fourth-order valence-electron chi connectivity index (χ4n) is 2.91. The first kappa shape index (κ1) is 15.9. The van der Waals surface area contributed by atoms with Crippen LogP contribution in [-0.2, 0) is 17.6 Å². The smallest absolute Gasteiger partial charge is 0.335 e. The molecule has 24 heavy (non-hydrogen) atoms. The predicted molar refractivity (Wildman–Crippen MR) is 90.6 cm³/mol. The average molecular weight is 322 g/mol. The van der Waals surface area contributed by atoms with Crippen LogP contribution in [0.4, 0.5) is 0 Å². The molecule has 5 nitrogen and oxygen atoms in total. The van der Waals surface area contributed by atoms with Gasteiger partial charge in [0, 0.05) is 24.5 Å². The Morgan fingerprint density at radius 1 is 1.25 bits per heavy atom. The molecule has 1 unspecified atom stereocenters. The van der Waals surface area contributed by atoms with E-state index < -0.39 is 5.97 Å². The number of amides is 1. The van der Waals surface area contributed by atoms with Crippen molar-refractivity contribution in [2.45, 2.75) is 25.3 Å². The van der Waals surface area contributed by atoms with Gasteiger partial charge in [-0.05, 0) is 60.2 Å². The molecular formula is C19H18N2O3. The average Bonchev–Trinajstić information content (AvgIpc) is 2.60. The van der Waals surface area contributed by atoms with Crippen molar-refractivity contribution in [3.05, 3.63) is 71.1 Å². The van der Waals surface area contributed by atoms with Crippen LogP contribution in [-0.4, -0.2) is 28.0 Å². The summed E-state index contributed by atoms with van der Waals surface area (Å²) in [4.78, 5) is 27.1. The van der Waals surface area contributed by atoms with Crippen LogP contribution in [0, 0.1) is 0 Å². The molecular weight excluding hydrogens is 304 g/mol. The van der Waals surface area contributed by atoms with E-state index in [9.17, 15) is 9.59 Å². The first-order chi connectivity index (χ1) is 11.6. The van der Waals surface area contributed by atoms with E-state index in [-0.39, 0.29) is 17.5 Å². The minimum atomic E-state index is -0.927. The van der Waals surface area contributed by atoms with Crippen molar-refractivity contribution in [1.82, 2.24) is 10.3 Å². The number of aromatic carboxylic acids is 1. The molecule has 1 amide bonds. The number of carbonyl (C=O) groups excluding carboxylic acids is 1. The highest BCUT2D eigenvalue weighted by atomic mass is 16.4. The van der Waals surface area contributed by atoms with E-state index in [4.69, 9.17) is 5.11 Å². The van der Waals surface area contributed by atoms with E-state index in [2.05, 4.69) is 10.3 Å². The third kappa shape index (κ3) is 3.87. The summed E-state index contributed by atoms with van der Waals surface area (Å²) >= 11 is 0. The van der Waals surface area contributed by atoms with E-state index >= 15 is 0 Å². The van der Waals surface area contributed by atoms with Gasteiger partial charge in [0.1, 0.15) is 0 Å². The zero-order valence-corrected chi connectivity index (χ0v) is 13.1. The molecule has 1 aliphatic carbocycles. The zero-order valence-electron chi connectivity index (χ0n) is 13.1. The van der Waals surface area contributed by atoms with Gasteiger partial charge in [0.25, 0.3) is 0 Å². The zero-order chi connectivity index (χ0) is 16.9. The van der Waals surface area contributed by atoms with Crippen molar-refractivity contribution in [2.24, 2.45) is 0 Å². The molecule has 3 rings (SSSR count). The minimum Gasteiger partial charge on any atom is -0.478 e. The van der Waals surface area contributed by atoms with Gasteiger partial charge in [-0.25, -0.2) is 4.79 Å². The number of fused-ring (bicyclic) bond motifs is 1. The summed E-state index contributed by atoms with van der Waals surface area (Å²) in [6, 6.07) is 8.93. The van der Waals surface area contributed by atoms with Gasteiger partial charge in [0.2, 0.25) is 5.91 Å². The fraction of sp³-hybridized carbons (Fsp3) is 0.211. The number of aromatic nitrogens is 1. The third-order valence-corrected chi connectivity index (χ3v) is 4.14. The number of carboxylic acid groups (broad SMARTS) is 1. The summed E-state index contributed by atoms with van der Waals surface area (Å²) in [7, 11) is 0. The second-order valence-electron chi connectivity index (χ2n) is 5.86. The molecule has 2 aromatic rings. The number of nitrogens with zero attached hydrogens (tertiary/aromatic N) is 1. The van der Waals surface area contributed by atoms with Crippen molar-refractivity contribution >= 4 is 18.0 Å². The lowest BCUT2D eigenvalue weighted by molar-refractivity contribution is -0.117. The maximum Gasteiger partial charge on any atom is 0.335 e. The quantitative estimate of drug-likeness (QED) is 0.848. The van der Waals surface area contributed by atoms with Crippen LogP contribution in [0.5, 0.6) is 0 Å². The first-order valence-corrected chi connectivity index (χ1v) is 7.85. The Bertz CT molecular complexity index is 784. The van der Waals surface area contributed by atoms with Crippen molar-refractivity contribution < 1.29 is 14.7 Å². The Labute approximate surface area is 140 Å². The van der Waals surface area contributed by atoms with Gasteiger partial charge in [-0.3, -0.25) is 9.78 Å². The highest BCUT2D eigenvalue weighted by molar-refractivity contribution is 5.92. The van der Waals surface area contributed by atoms with Crippen LogP contribution < -0.4 is 5.32 Å². The predicted octanol–water partition coefficient (Wildman–Crippen LogP) is 2.47. The van der Waals surface area contributed by atoms with Gasteiger partial charge in [-0.15, -0.1) is 0 Å². The molecule has 1 atom stereocenters. The molecule has 0 bridgehead atoms. The molecule has 0 saturated carbocycles. The Kier molecular flexibility index (Phi) is 4.70. The summed E-state index contributed by atoms with van der Waals surface area (Å²) in [6.07, 6.45) is 8.94. The maximum atomic E-state index is 12.1.